The summed E-state index contributed by atoms with van der Waals surface area (Å²) in [6.07, 6.45) is 1.59. The predicted molar refractivity (Wildman–Crippen MR) is 103 cm³/mol. The fraction of sp³-hybridized carbons (Fsp3) is 0.381. The van der Waals surface area contributed by atoms with Crippen LogP contribution in [-0.2, 0) is 15.6 Å². The molecule has 1 amide bonds. The number of hydrogen-bond acceptors (Lipinski definition) is 3. The van der Waals surface area contributed by atoms with Crippen molar-refractivity contribution < 1.29 is 9.72 Å². The molecule has 1 aliphatic rings. The Morgan fingerprint density at radius 1 is 1.12 bits per heavy atom. The minimum Gasteiger partial charge on any atom is -0.325 e. The van der Waals surface area contributed by atoms with Crippen molar-refractivity contribution in [2.24, 2.45) is 0 Å². The van der Waals surface area contributed by atoms with E-state index in [4.69, 9.17) is 0 Å². The summed E-state index contributed by atoms with van der Waals surface area (Å²) in [5, 5.41) is 14.0. The summed E-state index contributed by atoms with van der Waals surface area (Å²) in [6.45, 7) is 8.14. The van der Waals surface area contributed by atoms with Gasteiger partial charge in [-0.15, -0.1) is 0 Å². The number of amides is 1. The molecule has 0 aromatic heterocycles. The van der Waals surface area contributed by atoms with Crippen molar-refractivity contribution in [2.75, 3.05) is 5.32 Å². The molecule has 2 aromatic rings. The van der Waals surface area contributed by atoms with Gasteiger partial charge >= 0.3 is 0 Å². The van der Waals surface area contributed by atoms with Crippen LogP contribution in [0.2, 0.25) is 0 Å². The van der Waals surface area contributed by atoms with Gasteiger partial charge in [0.2, 0.25) is 5.91 Å². The highest BCUT2D eigenvalue weighted by Gasteiger charge is 2.51. The van der Waals surface area contributed by atoms with E-state index in [9.17, 15) is 14.9 Å². The van der Waals surface area contributed by atoms with Crippen LogP contribution in [-0.4, -0.2) is 10.8 Å². The molecule has 0 radical (unpaired) electrons. The lowest BCUT2D eigenvalue weighted by atomic mass is 9.85. The second kappa shape index (κ2) is 6.24. The molecule has 0 aliphatic heterocycles. The number of rotatable bonds is 4. The molecule has 26 heavy (non-hydrogen) atoms. The Labute approximate surface area is 153 Å². The molecular formula is C21H24N2O3. The lowest BCUT2D eigenvalue weighted by molar-refractivity contribution is -0.385. The molecule has 0 heterocycles. The summed E-state index contributed by atoms with van der Waals surface area (Å²) in [7, 11) is 0. The van der Waals surface area contributed by atoms with Crippen LogP contribution in [0.1, 0.15) is 50.3 Å². The Bertz CT molecular complexity index is 860. The molecule has 0 bridgehead atoms. The summed E-state index contributed by atoms with van der Waals surface area (Å²) < 4.78 is 0. The Balaban J connectivity index is 1.84. The van der Waals surface area contributed by atoms with Gasteiger partial charge < -0.3 is 5.32 Å². The minimum atomic E-state index is -0.520. The summed E-state index contributed by atoms with van der Waals surface area (Å²) in [5.41, 5.74) is 2.78. The fourth-order valence-corrected chi connectivity index (χ4v) is 3.26. The lowest BCUT2D eigenvalue weighted by Gasteiger charge is -2.21. The van der Waals surface area contributed by atoms with E-state index in [0.717, 1.165) is 18.4 Å². The Hall–Kier alpha value is -2.69. The zero-order valence-electron chi connectivity index (χ0n) is 15.6. The molecule has 0 unspecified atom stereocenters. The van der Waals surface area contributed by atoms with E-state index < -0.39 is 10.3 Å². The molecular weight excluding hydrogens is 328 g/mol. The molecule has 3 rings (SSSR count). The van der Waals surface area contributed by atoms with E-state index >= 15 is 0 Å². The van der Waals surface area contributed by atoms with Crippen LogP contribution in [0.15, 0.2) is 42.5 Å². The fourth-order valence-electron chi connectivity index (χ4n) is 3.26. The monoisotopic (exact) mass is 352 g/mol. The molecule has 5 nitrogen and oxygen atoms in total. The summed E-state index contributed by atoms with van der Waals surface area (Å²) >= 11 is 0. The Kier molecular flexibility index (Phi) is 4.34. The number of anilines is 1. The van der Waals surface area contributed by atoms with Crippen LogP contribution >= 0.6 is 0 Å². The molecule has 5 heteroatoms. The summed E-state index contributed by atoms with van der Waals surface area (Å²) in [5.74, 6) is -0.0930. The zero-order valence-corrected chi connectivity index (χ0v) is 15.6. The summed E-state index contributed by atoms with van der Waals surface area (Å²) in [6, 6.07) is 13.0. The van der Waals surface area contributed by atoms with Crippen LogP contribution in [0.3, 0.4) is 0 Å². The van der Waals surface area contributed by atoms with E-state index in [2.05, 4.69) is 38.2 Å². The second-order valence-electron chi connectivity index (χ2n) is 8.07. The number of nitrogens with one attached hydrogen (secondary N) is 1. The normalized spacial score (nSPS) is 15.4. The molecule has 0 saturated heterocycles. The maximum absolute atomic E-state index is 12.9. The number of nitro groups is 1. The van der Waals surface area contributed by atoms with Gasteiger partial charge in [0.15, 0.2) is 0 Å². The highest BCUT2D eigenvalue weighted by Crippen LogP contribution is 2.49. The number of nitro benzene ring substituents is 1. The van der Waals surface area contributed by atoms with E-state index in [0.29, 0.717) is 11.3 Å². The van der Waals surface area contributed by atoms with Gasteiger partial charge in [-0.25, -0.2) is 0 Å². The van der Waals surface area contributed by atoms with Crippen molar-refractivity contribution in [3.63, 3.8) is 0 Å². The molecule has 1 aliphatic carbocycles. The maximum atomic E-state index is 12.9. The van der Waals surface area contributed by atoms with Gasteiger partial charge in [0, 0.05) is 6.07 Å². The topological polar surface area (TPSA) is 72.2 Å². The number of hydrogen-bond donors (Lipinski definition) is 1. The first-order chi connectivity index (χ1) is 12.1. The van der Waals surface area contributed by atoms with E-state index in [1.165, 1.54) is 11.6 Å². The number of carbonyl (C=O) groups excluding carboxylic acids is 1. The average Bonchev–Trinajstić information content (AvgIpc) is 3.37. The smallest absolute Gasteiger partial charge is 0.274 e. The lowest BCUT2D eigenvalue weighted by Crippen LogP contribution is -2.28. The third-order valence-corrected chi connectivity index (χ3v) is 5.24. The average molecular weight is 352 g/mol. The van der Waals surface area contributed by atoms with Gasteiger partial charge in [0.25, 0.3) is 5.69 Å². The second-order valence-corrected chi connectivity index (χ2v) is 8.07. The molecule has 0 spiro atoms. The van der Waals surface area contributed by atoms with Crippen LogP contribution < -0.4 is 5.32 Å². The van der Waals surface area contributed by atoms with E-state index in [1.54, 1.807) is 19.1 Å². The maximum Gasteiger partial charge on any atom is 0.274 e. The molecule has 1 N–H and O–H groups in total. The van der Waals surface area contributed by atoms with E-state index in [-0.39, 0.29) is 17.0 Å². The first-order valence-corrected chi connectivity index (χ1v) is 8.82. The SMILES string of the molecule is Cc1c(NC(=O)C2(c3ccc(C(C)(C)C)cc3)CC2)cccc1[N+](=O)[O-]. The van der Waals surface area contributed by atoms with Crippen molar-refractivity contribution in [3.05, 3.63) is 69.3 Å². The first-order valence-electron chi connectivity index (χ1n) is 8.82. The molecule has 2 aromatic carbocycles. The standard InChI is InChI=1S/C21H24N2O3/c1-14-17(6-5-7-18(14)23(25)26)22-19(24)21(12-13-21)16-10-8-15(9-11-16)20(2,3)4/h5-11H,12-13H2,1-4H3,(H,22,24). The van der Waals surface area contributed by atoms with Crippen LogP contribution in [0.4, 0.5) is 11.4 Å². The van der Waals surface area contributed by atoms with Crippen molar-refractivity contribution in [3.8, 4) is 0 Å². The highest BCUT2D eigenvalue weighted by atomic mass is 16.6. The van der Waals surface area contributed by atoms with E-state index in [1.807, 2.05) is 12.1 Å². The van der Waals surface area contributed by atoms with Crippen molar-refractivity contribution >= 4 is 17.3 Å². The van der Waals surface area contributed by atoms with Gasteiger partial charge in [0.05, 0.1) is 21.6 Å². The van der Waals surface area contributed by atoms with Crippen molar-refractivity contribution in [1.82, 2.24) is 0 Å². The largest absolute Gasteiger partial charge is 0.325 e. The van der Waals surface area contributed by atoms with Gasteiger partial charge in [-0.3, -0.25) is 14.9 Å². The highest BCUT2D eigenvalue weighted by molar-refractivity contribution is 6.02. The van der Waals surface area contributed by atoms with Gasteiger partial charge in [-0.1, -0.05) is 51.1 Å². The number of carbonyl (C=O) groups is 1. The van der Waals surface area contributed by atoms with Gasteiger partial charge in [-0.2, -0.15) is 0 Å². The van der Waals surface area contributed by atoms with Crippen molar-refractivity contribution in [1.29, 1.82) is 0 Å². The molecule has 1 fully saturated rings. The number of benzene rings is 2. The third kappa shape index (κ3) is 3.21. The third-order valence-electron chi connectivity index (χ3n) is 5.24. The quantitative estimate of drug-likeness (QED) is 0.630. The van der Waals surface area contributed by atoms with Gasteiger partial charge in [0.1, 0.15) is 0 Å². The Morgan fingerprint density at radius 3 is 2.23 bits per heavy atom. The van der Waals surface area contributed by atoms with Gasteiger partial charge in [-0.05, 0) is 42.4 Å². The summed E-state index contributed by atoms with van der Waals surface area (Å²) in [4.78, 5) is 23.6. The Morgan fingerprint density at radius 2 is 1.73 bits per heavy atom. The number of nitrogens with zero attached hydrogens (tertiary/aromatic N) is 1. The van der Waals surface area contributed by atoms with Crippen LogP contribution in [0.25, 0.3) is 0 Å². The first kappa shape index (κ1) is 18.1. The molecule has 0 atom stereocenters. The molecule has 1 saturated carbocycles. The molecule has 136 valence electrons. The van der Waals surface area contributed by atoms with Crippen LogP contribution in [0, 0.1) is 17.0 Å². The zero-order chi connectivity index (χ0) is 19.1. The minimum absolute atomic E-state index is 0.0159. The van der Waals surface area contributed by atoms with Crippen molar-refractivity contribution in [2.45, 2.75) is 51.4 Å². The predicted octanol–water partition coefficient (Wildman–Crippen LogP) is 4.87. The van der Waals surface area contributed by atoms with Crippen LogP contribution in [0.5, 0.6) is 0 Å².